The number of amides is 2. The zero-order valence-electron chi connectivity index (χ0n) is 12.6. The average molecular weight is 334 g/mol. The maximum Gasteiger partial charge on any atom is 0.387 e. The molecule has 2 aromatic rings. The lowest BCUT2D eigenvalue weighted by atomic mass is 10.1. The SMILES string of the molecule is O=C(Nc1ccc(OC(F)F)cc1)N[C@@H]1c2ccccc2C[C@@H]1O. The number of nitrogens with one attached hydrogen (secondary N) is 2. The number of alkyl halides is 2. The van der Waals surface area contributed by atoms with Crippen LogP contribution in [0.25, 0.3) is 0 Å². The summed E-state index contributed by atoms with van der Waals surface area (Å²) in [5, 5.41) is 15.4. The van der Waals surface area contributed by atoms with Gasteiger partial charge in [-0.05, 0) is 35.4 Å². The normalized spacial score (nSPS) is 19.0. The number of carbonyl (C=O) groups is 1. The minimum Gasteiger partial charge on any atom is -0.435 e. The van der Waals surface area contributed by atoms with Crippen LogP contribution < -0.4 is 15.4 Å². The molecule has 7 heteroatoms. The highest BCUT2D eigenvalue weighted by molar-refractivity contribution is 5.89. The molecule has 0 radical (unpaired) electrons. The predicted octanol–water partition coefficient (Wildman–Crippen LogP) is 3.07. The van der Waals surface area contributed by atoms with E-state index in [0.717, 1.165) is 11.1 Å². The Morgan fingerprint density at radius 1 is 1.17 bits per heavy atom. The van der Waals surface area contributed by atoms with Crippen molar-refractivity contribution in [1.29, 1.82) is 0 Å². The largest absolute Gasteiger partial charge is 0.435 e. The predicted molar refractivity (Wildman–Crippen MR) is 84.1 cm³/mol. The Kier molecular flexibility index (Phi) is 4.61. The first-order valence-corrected chi connectivity index (χ1v) is 7.41. The first kappa shape index (κ1) is 16.2. The van der Waals surface area contributed by atoms with Gasteiger partial charge in [0.25, 0.3) is 0 Å². The van der Waals surface area contributed by atoms with Crippen LogP contribution in [0.3, 0.4) is 0 Å². The Bertz CT molecular complexity index is 722. The van der Waals surface area contributed by atoms with E-state index in [9.17, 15) is 18.7 Å². The Morgan fingerprint density at radius 2 is 1.88 bits per heavy atom. The van der Waals surface area contributed by atoms with Crippen molar-refractivity contribution >= 4 is 11.7 Å². The number of hydrogen-bond acceptors (Lipinski definition) is 3. The lowest BCUT2D eigenvalue weighted by molar-refractivity contribution is -0.0498. The quantitative estimate of drug-likeness (QED) is 0.805. The van der Waals surface area contributed by atoms with Crippen LogP contribution >= 0.6 is 0 Å². The van der Waals surface area contributed by atoms with Crippen molar-refractivity contribution in [2.24, 2.45) is 0 Å². The molecular weight excluding hydrogens is 318 g/mol. The fourth-order valence-corrected chi connectivity index (χ4v) is 2.78. The van der Waals surface area contributed by atoms with Crippen molar-refractivity contribution in [3.8, 4) is 5.75 Å². The maximum absolute atomic E-state index is 12.1. The van der Waals surface area contributed by atoms with Gasteiger partial charge in [0, 0.05) is 12.1 Å². The fraction of sp³-hybridized carbons (Fsp3) is 0.235. The van der Waals surface area contributed by atoms with E-state index in [1.54, 1.807) is 0 Å². The van der Waals surface area contributed by atoms with Gasteiger partial charge in [0.2, 0.25) is 0 Å². The third-order valence-corrected chi connectivity index (χ3v) is 3.83. The molecule has 1 aliphatic rings. The zero-order valence-corrected chi connectivity index (χ0v) is 12.6. The molecule has 5 nitrogen and oxygen atoms in total. The first-order valence-electron chi connectivity index (χ1n) is 7.41. The number of anilines is 1. The second-order valence-electron chi connectivity index (χ2n) is 5.45. The summed E-state index contributed by atoms with van der Waals surface area (Å²) in [6.45, 7) is -2.89. The number of hydrogen-bond donors (Lipinski definition) is 3. The van der Waals surface area contributed by atoms with Crippen molar-refractivity contribution in [2.45, 2.75) is 25.2 Å². The summed E-state index contributed by atoms with van der Waals surface area (Å²) >= 11 is 0. The monoisotopic (exact) mass is 334 g/mol. The van der Waals surface area contributed by atoms with E-state index >= 15 is 0 Å². The molecule has 2 amide bonds. The van der Waals surface area contributed by atoms with E-state index < -0.39 is 24.8 Å². The summed E-state index contributed by atoms with van der Waals surface area (Å²) in [6, 6.07) is 12.1. The first-order chi connectivity index (χ1) is 11.5. The molecule has 24 heavy (non-hydrogen) atoms. The summed E-state index contributed by atoms with van der Waals surface area (Å²) in [5.41, 5.74) is 2.32. The van der Waals surface area contributed by atoms with Gasteiger partial charge in [-0.2, -0.15) is 8.78 Å². The highest BCUT2D eigenvalue weighted by Crippen LogP contribution is 2.31. The molecule has 0 bridgehead atoms. The number of carbonyl (C=O) groups excluding carboxylic acids is 1. The number of ether oxygens (including phenoxy) is 1. The fourth-order valence-electron chi connectivity index (χ4n) is 2.78. The van der Waals surface area contributed by atoms with Crippen LogP contribution in [-0.2, 0) is 6.42 Å². The molecule has 0 saturated heterocycles. The van der Waals surface area contributed by atoms with Crippen molar-refractivity contribution in [3.63, 3.8) is 0 Å². The molecule has 0 aromatic heterocycles. The van der Waals surface area contributed by atoms with Gasteiger partial charge >= 0.3 is 12.6 Å². The molecule has 126 valence electrons. The van der Waals surface area contributed by atoms with Crippen LogP contribution in [0.4, 0.5) is 19.3 Å². The summed E-state index contributed by atoms with van der Waals surface area (Å²) < 4.78 is 28.4. The number of fused-ring (bicyclic) bond motifs is 1. The summed E-state index contributed by atoms with van der Waals surface area (Å²) in [4.78, 5) is 12.1. The van der Waals surface area contributed by atoms with E-state index in [1.165, 1.54) is 24.3 Å². The van der Waals surface area contributed by atoms with Crippen LogP contribution in [0, 0.1) is 0 Å². The number of aliphatic hydroxyl groups excluding tert-OH is 1. The Morgan fingerprint density at radius 3 is 2.58 bits per heavy atom. The average Bonchev–Trinajstić information content (AvgIpc) is 2.85. The lowest BCUT2D eigenvalue weighted by Crippen LogP contribution is -2.36. The number of benzene rings is 2. The lowest BCUT2D eigenvalue weighted by Gasteiger charge is -2.18. The highest BCUT2D eigenvalue weighted by atomic mass is 19.3. The minimum absolute atomic E-state index is 0.0103. The van der Waals surface area contributed by atoms with Crippen molar-refractivity contribution in [3.05, 3.63) is 59.7 Å². The standard InChI is InChI=1S/C17H16F2N2O3/c18-16(19)24-12-7-5-11(6-8-12)20-17(23)21-15-13-4-2-1-3-10(13)9-14(15)22/h1-8,14-16,22H,9H2,(H2,20,21,23)/t14-,15+/m0/s1. The second kappa shape index (κ2) is 6.84. The van der Waals surface area contributed by atoms with Crippen LogP contribution in [0.1, 0.15) is 17.2 Å². The molecule has 3 N–H and O–H groups in total. The molecule has 0 heterocycles. The smallest absolute Gasteiger partial charge is 0.387 e. The Balaban J connectivity index is 1.62. The van der Waals surface area contributed by atoms with E-state index in [2.05, 4.69) is 15.4 Å². The maximum atomic E-state index is 12.1. The summed E-state index contributed by atoms with van der Waals surface area (Å²) in [5.74, 6) is 0.0103. The van der Waals surface area contributed by atoms with E-state index in [4.69, 9.17) is 0 Å². The van der Waals surface area contributed by atoms with Gasteiger partial charge in [0.15, 0.2) is 0 Å². The topological polar surface area (TPSA) is 70.6 Å². The van der Waals surface area contributed by atoms with Gasteiger partial charge in [-0.3, -0.25) is 0 Å². The number of rotatable bonds is 4. The molecule has 1 aliphatic carbocycles. The van der Waals surface area contributed by atoms with Crippen molar-refractivity contribution in [1.82, 2.24) is 5.32 Å². The summed E-state index contributed by atoms with van der Waals surface area (Å²) in [7, 11) is 0. The van der Waals surface area contributed by atoms with E-state index in [0.29, 0.717) is 12.1 Å². The van der Waals surface area contributed by atoms with Crippen LogP contribution in [-0.4, -0.2) is 23.9 Å². The van der Waals surface area contributed by atoms with Crippen LogP contribution in [0.15, 0.2) is 48.5 Å². The van der Waals surface area contributed by atoms with Gasteiger partial charge in [0.1, 0.15) is 5.75 Å². The van der Waals surface area contributed by atoms with Gasteiger partial charge in [0.05, 0.1) is 12.1 Å². The molecule has 2 aromatic carbocycles. The Labute approximate surface area is 137 Å². The second-order valence-corrected chi connectivity index (χ2v) is 5.45. The molecule has 3 rings (SSSR count). The van der Waals surface area contributed by atoms with Gasteiger partial charge < -0.3 is 20.5 Å². The molecule has 0 saturated carbocycles. The number of aliphatic hydroxyl groups is 1. The molecular formula is C17H16F2N2O3. The molecule has 2 atom stereocenters. The van der Waals surface area contributed by atoms with Gasteiger partial charge in [-0.25, -0.2) is 4.79 Å². The van der Waals surface area contributed by atoms with Gasteiger partial charge in [-0.1, -0.05) is 24.3 Å². The third kappa shape index (κ3) is 3.62. The molecule has 0 aliphatic heterocycles. The zero-order chi connectivity index (χ0) is 17.1. The third-order valence-electron chi connectivity index (χ3n) is 3.83. The Hall–Kier alpha value is -2.67. The molecule has 0 spiro atoms. The van der Waals surface area contributed by atoms with E-state index in [-0.39, 0.29) is 5.75 Å². The number of urea groups is 1. The minimum atomic E-state index is -2.89. The van der Waals surface area contributed by atoms with Crippen LogP contribution in [0.5, 0.6) is 5.75 Å². The van der Waals surface area contributed by atoms with Gasteiger partial charge in [-0.15, -0.1) is 0 Å². The summed E-state index contributed by atoms with van der Waals surface area (Å²) in [6.07, 6.45) is -0.198. The van der Waals surface area contributed by atoms with E-state index in [1.807, 2.05) is 24.3 Å². The molecule has 0 fully saturated rings. The number of halogens is 2. The van der Waals surface area contributed by atoms with Crippen molar-refractivity contribution in [2.75, 3.05) is 5.32 Å². The highest BCUT2D eigenvalue weighted by Gasteiger charge is 2.31. The van der Waals surface area contributed by atoms with Crippen LogP contribution in [0.2, 0.25) is 0 Å². The molecule has 0 unspecified atom stereocenters. The van der Waals surface area contributed by atoms with Crippen molar-refractivity contribution < 1.29 is 23.4 Å².